The zero-order chi connectivity index (χ0) is 24.9. The van der Waals surface area contributed by atoms with E-state index < -0.39 is 6.10 Å². The van der Waals surface area contributed by atoms with Gasteiger partial charge in [-0.15, -0.1) is 0 Å². The Hall–Kier alpha value is -3.03. The van der Waals surface area contributed by atoms with Crippen LogP contribution in [0.2, 0.25) is 0 Å². The molecule has 2 aliphatic carbocycles. The number of hydrogen-bond donors (Lipinski definition) is 0. The van der Waals surface area contributed by atoms with E-state index in [0.717, 1.165) is 36.4 Å². The standard InChI is InChI=1S/C29H33NO6/c1-30-15-14-29-20-10-12-24(35-25(31)13-9-18-6-4-5-7-22(18)33-3)28(29)36-27-23(34-17-32-2)11-8-19(26(27)29)16-21(20)30/h4-8,10-12,20-21,24,28H,9,13-17H2,1-3H3/t20-,21+,24-,28-,29-/m0/s1. The van der Waals surface area contributed by atoms with E-state index >= 15 is 0 Å². The Morgan fingerprint density at radius 2 is 2.00 bits per heavy atom. The highest BCUT2D eigenvalue weighted by molar-refractivity contribution is 5.71. The minimum atomic E-state index is -0.455. The fourth-order valence-electron chi connectivity index (χ4n) is 6.90. The van der Waals surface area contributed by atoms with Crippen molar-refractivity contribution in [3.63, 3.8) is 0 Å². The number of likely N-dealkylation sites (tertiary alicyclic amines) is 1. The number of ether oxygens (including phenoxy) is 5. The van der Waals surface area contributed by atoms with Gasteiger partial charge in [0, 0.05) is 36.5 Å². The summed E-state index contributed by atoms with van der Waals surface area (Å²) in [7, 11) is 5.47. The van der Waals surface area contributed by atoms with Gasteiger partial charge in [0.15, 0.2) is 24.4 Å². The Labute approximate surface area is 211 Å². The maximum absolute atomic E-state index is 13.0. The number of likely N-dealkylation sites (N-methyl/N-ethyl adjacent to an activating group) is 1. The van der Waals surface area contributed by atoms with Crippen molar-refractivity contribution in [3.05, 3.63) is 65.2 Å². The molecule has 2 aromatic carbocycles. The van der Waals surface area contributed by atoms with Crippen molar-refractivity contribution in [2.24, 2.45) is 5.92 Å². The Balaban J connectivity index is 1.29. The van der Waals surface area contributed by atoms with Gasteiger partial charge in [-0.3, -0.25) is 4.79 Å². The number of benzene rings is 2. The van der Waals surface area contributed by atoms with E-state index in [4.69, 9.17) is 23.7 Å². The molecule has 4 aliphatic rings. The van der Waals surface area contributed by atoms with E-state index in [1.165, 1.54) is 11.1 Å². The van der Waals surface area contributed by atoms with Crippen LogP contribution in [0.4, 0.5) is 0 Å². The first-order valence-corrected chi connectivity index (χ1v) is 12.7. The molecule has 2 aliphatic heterocycles. The van der Waals surface area contributed by atoms with E-state index in [9.17, 15) is 4.79 Å². The summed E-state index contributed by atoms with van der Waals surface area (Å²) in [6.45, 7) is 1.13. The molecule has 0 amide bonds. The molecule has 2 aromatic rings. The molecule has 190 valence electrons. The first-order chi connectivity index (χ1) is 17.6. The lowest BCUT2D eigenvalue weighted by atomic mass is 9.53. The zero-order valence-corrected chi connectivity index (χ0v) is 21.1. The van der Waals surface area contributed by atoms with Crippen molar-refractivity contribution in [1.82, 2.24) is 4.90 Å². The van der Waals surface area contributed by atoms with Crippen LogP contribution in [0.15, 0.2) is 48.6 Å². The maximum atomic E-state index is 13.0. The van der Waals surface area contributed by atoms with Crippen LogP contribution in [0.3, 0.4) is 0 Å². The normalized spacial score (nSPS) is 29.3. The molecule has 0 aromatic heterocycles. The average molecular weight is 492 g/mol. The highest BCUT2D eigenvalue weighted by atomic mass is 16.7. The van der Waals surface area contributed by atoms with Crippen LogP contribution in [0.1, 0.15) is 29.5 Å². The van der Waals surface area contributed by atoms with Crippen molar-refractivity contribution < 1.29 is 28.5 Å². The number of nitrogens with zero attached hydrogens (tertiary/aromatic N) is 1. The number of hydrogen-bond acceptors (Lipinski definition) is 7. The summed E-state index contributed by atoms with van der Waals surface area (Å²) in [5.74, 6) is 2.34. The SMILES string of the molecule is COCOc1ccc2c3c1O[C@H]1[C@@H](OC(=O)CCc4ccccc4OC)C=C[C@H]4[C@@H](C2)N(C)CC[C@@]341. The Morgan fingerprint density at radius 1 is 1.14 bits per heavy atom. The van der Waals surface area contributed by atoms with Gasteiger partial charge in [0.25, 0.3) is 0 Å². The van der Waals surface area contributed by atoms with Crippen LogP contribution in [0, 0.1) is 5.92 Å². The minimum Gasteiger partial charge on any atom is -0.496 e. The molecular formula is C29H33NO6. The fourth-order valence-corrected chi connectivity index (χ4v) is 6.90. The number of methoxy groups -OCH3 is 2. The first-order valence-electron chi connectivity index (χ1n) is 12.7. The smallest absolute Gasteiger partial charge is 0.306 e. The molecule has 0 N–H and O–H groups in total. The number of carbonyl (C=O) groups excluding carboxylic acids is 1. The Morgan fingerprint density at radius 3 is 2.83 bits per heavy atom. The van der Waals surface area contributed by atoms with Crippen molar-refractivity contribution in [2.75, 3.05) is 34.6 Å². The molecule has 6 rings (SSSR count). The van der Waals surface area contributed by atoms with Gasteiger partial charge in [0.05, 0.1) is 7.11 Å². The molecule has 0 radical (unpaired) electrons. The van der Waals surface area contributed by atoms with E-state index in [-0.39, 0.29) is 30.7 Å². The first kappa shape index (κ1) is 23.4. The molecule has 2 heterocycles. The van der Waals surface area contributed by atoms with E-state index in [2.05, 4.69) is 24.1 Å². The number of aryl methyl sites for hydroxylation is 1. The Kier molecular flexibility index (Phi) is 5.92. The number of para-hydroxylation sites is 1. The summed E-state index contributed by atoms with van der Waals surface area (Å²) < 4.78 is 29.3. The van der Waals surface area contributed by atoms with Crippen molar-refractivity contribution in [2.45, 2.75) is 49.3 Å². The van der Waals surface area contributed by atoms with Gasteiger partial charge in [-0.05, 0) is 62.2 Å². The second-order valence-corrected chi connectivity index (χ2v) is 10.2. The molecule has 0 unspecified atom stereocenters. The van der Waals surface area contributed by atoms with Crippen molar-refractivity contribution >= 4 is 5.97 Å². The third kappa shape index (κ3) is 3.51. The maximum Gasteiger partial charge on any atom is 0.306 e. The van der Waals surface area contributed by atoms with Crippen LogP contribution in [0.5, 0.6) is 17.2 Å². The summed E-state index contributed by atoms with van der Waals surface area (Å²) in [6, 6.07) is 12.3. The van der Waals surface area contributed by atoms with Crippen molar-refractivity contribution in [3.8, 4) is 17.2 Å². The Bertz CT molecular complexity index is 1190. The van der Waals surface area contributed by atoms with E-state index in [1.807, 2.05) is 36.4 Å². The molecule has 1 spiro atoms. The van der Waals surface area contributed by atoms with Gasteiger partial charge < -0.3 is 28.6 Å². The fraction of sp³-hybridized carbons (Fsp3) is 0.483. The lowest BCUT2D eigenvalue weighted by molar-refractivity contribution is -0.154. The van der Waals surface area contributed by atoms with Crippen LogP contribution < -0.4 is 14.2 Å². The van der Waals surface area contributed by atoms with Gasteiger partial charge in [-0.2, -0.15) is 0 Å². The van der Waals surface area contributed by atoms with E-state index in [0.29, 0.717) is 24.1 Å². The van der Waals surface area contributed by atoms with Gasteiger partial charge >= 0.3 is 5.97 Å². The molecular weight excluding hydrogens is 458 g/mol. The molecule has 7 heteroatoms. The quantitative estimate of drug-likeness (QED) is 0.317. The molecule has 0 saturated carbocycles. The third-order valence-corrected chi connectivity index (χ3v) is 8.51. The van der Waals surface area contributed by atoms with Crippen LogP contribution in [-0.4, -0.2) is 63.7 Å². The van der Waals surface area contributed by atoms with Gasteiger partial charge in [0.1, 0.15) is 11.9 Å². The van der Waals surface area contributed by atoms with Gasteiger partial charge in [0.2, 0.25) is 0 Å². The summed E-state index contributed by atoms with van der Waals surface area (Å²) in [5, 5.41) is 0. The van der Waals surface area contributed by atoms with Crippen LogP contribution >= 0.6 is 0 Å². The molecule has 36 heavy (non-hydrogen) atoms. The molecule has 5 atom stereocenters. The summed E-state index contributed by atoms with van der Waals surface area (Å²) in [6.07, 6.45) is 6.35. The number of piperidine rings is 1. The topological polar surface area (TPSA) is 66.5 Å². The van der Waals surface area contributed by atoms with Crippen LogP contribution in [-0.2, 0) is 32.5 Å². The largest absolute Gasteiger partial charge is 0.496 e. The lowest BCUT2D eigenvalue weighted by Crippen LogP contribution is -2.65. The predicted molar refractivity (Wildman–Crippen MR) is 134 cm³/mol. The molecule has 2 bridgehead atoms. The number of rotatable bonds is 8. The highest BCUT2D eigenvalue weighted by Crippen LogP contribution is 2.62. The molecule has 1 saturated heterocycles. The zero-order valence-electron chi connectivity index (χ0n) is 21.1. The number of carbonyl (C=O) groups is 1. The summed E-state index contributed by atoms with van der Waals surface area (Å²) >= 11 is 0. The second-order valence-electron chi connectivity index (χ2n) is 10.2. The monoisotopic (exact) mass is 491 g/mol. The minimum absolute atomic E-state index is 0.154. The highest BCUT2D eigenvalue weighted by Gasteiger charge is 2.65. The predicted octanol–water partition coefficient (Wildman–Crippen LogP) is 3.67. The number of esters is 1. The van der Waals surface area contributed by atoms with Gasteiger partial charge in [-0.25, -0.2) is 0 Å². The molecule has 7 nitrogen and oxygen atoms in total. The van der Waals surface area contributed by atoms with Gasteiger partial charge in [-0.1, -0.05) is 30.3 Å². The second kappa shape index (κ2) is 9.12. The van der Waals surface area contributed by atoms with E-state index in [1.54, 1.807) is 14.2 Å². The average Bonchev–Trinajstić information content (AvgIpc) is 3.25. The summed E-state index contributed by atoms with van der Waals surface area (Å²) in [4.78, 5) is 15.5. The molecule has 1 fully saturated rings. The summed E-state index contributed by atoms with van der Waals surface area (Å²) in [5.41, 5.74) is 3.32. The third-order valence-electron chi connectivity index (χ3n) is 8.51. The van der Waals surface area contributed by atoms with Crippen molar-refractivity contribution in [1.29, 1.82) is 0 Å². The van der Waals surface area contributed by atoms with Crippen LogP contribution in [0.25, 0.3) is 0 Å². The lowest BCUT2D eigenvalue weighted by Gasteiger charge is -2.56.